The number of nitroso groups, excluding NO2 is 1. The minimum atomic E-state index is -10.7. The normalized spacial score (nSPS) is 10.4. The molecule has 0 fully saturated rings. The van der Waals surface area contributed by atoms with E-state index in [0.717, 1.165) is 0 Å². The third kappa shape index (κ3) is 41.1. The number of alkyl halides is 2. The summed E-state index contributed by atoms with van der Waals surface area (Å²) in [4.78, 5) is 10.5. The van der Waals surface area contributed by atoms with Crippen molar-refractivity contribution in [2.75, 3.05) is 11.2 Å². The third-order valence-corrected chi connectivity index (χ3v) is 17.5. The van der Waals surface area contributed by atoms with E-state index < -0.39 is 32.3 Å². The molecule has 0 amide bonds. The molecule has 0 spiro atoms. The Balaban J connectivity index is -0.000000504. The van der Waals surface area contributed by atoms with Gasteiger partial charge in [0.25, 0.3) is 0 Å². The topological polar surface area (TPSA) is 135 Å². The van der Waals surface area contributed by atoms with Crippen molar-refractivity contribution >= 4 is 76.7 Å². The summed E-state index contributed by atoms with van der Waals surface area (Å²) in [7, 11) is -13.1. The summed E-state index contributed by atoms with van der Waals surface area (Å²) in [5.41, 5.74) is 12.9. The summed E-state index contributed by atoms with van der Waals surface area (Å²) in [6, 6.07) is 72.6. The van der Waals surface area contributed by atoms with Gasteiger partial charge >= 0.3 is 81.3 Å². The van der Waals surface area contributed by atoms with Gasteiger partial charge in [-0.15, -0.1) is 28.1 Å². The zero-order valence-corrected chi connectivity index (χ0v) is 54.9. The first-order valence-corrected chi connectivity index (χ1v) is 31.4. The molecule has 0 unspecified atom stereocenters. The molecule has 3 radical (unpaired) electrons. The molecule has 453 valence electrons. The first-order chi connectivity index (χ1) is 39.3. The van der Waals surface area contributed by atoms with Crippen molar-refractivity contribution in [2.24, 2.45) is 0 Å². The van der Waals surface area contributed by atoms with Gasteiger partial charge in [0.2, 0.25) is 5.54 Å². The van der Waals surface area contributed by atoms with Crippen LogP contribution in [-0.2, 0) is 43.4 Å². The van der Waals surface area contributed by atoms with Crippen LogP contribution >= 0.6 is 55.5 Å². The van der Waals surface area contributed by atoms with Crippen LogP contribution in [-0.4, -0.2) is 16.8 Å². The standard InChI is InChI=1S/C25H22P2.C18H15O3P.C10H15.C5H9N.CH2Cl2.CN.2CO.F6P.2Mn.NO/c1-5-13-22(14-6-1)26(23-15-7-2-8-16-23)21-27(24-17-9-3-10-18-24)25-19-11-4-12-20-25;1-4-10-16(11-5-1)19-22(20-17-12-6-2-7-13-17)21-18-14-8-3-9-15-18;1-6-7(2)9(4)10(5)8(6)3;1-5(2,3)6-4;2-1-3;3*1-2;1-7(2,3,4,5)6;;;1-2/h1-20H,21H2;1-15H;1-5H3;1-3H3;1H2;;;;;;;/q;;-1;;;-1;;;-1;;+2;. The van der Waals surface area contributed by atoms with E-state index >= 15 is 0 Å². The number of para-hydroxylation sites is 3. The summed E-state index contributed by atoms with van der Waals surface area (Å²) in [5.74, 6) is 3.30. The largest absolute Gasteiger partial charge is 2.00 e. The second-order valence-electron chi connectivity index (χ2n) is 17.2. The van der Waals surface area contributed by atoms with Gasteiger partial charge < -0.3 is 30.3 Å². The van der Waals surface area contributed by atoms with Crippen LogP contribution in [0.5, 0.6) is 17.2 Å². The molecule has 0 aliphatic carbocycles. The summed E-state index contributed by atoms with van der Waals surface area (Å²) in [5, 5.41) is 12.3. The fourth-order valence-electron chi connectivity index (χ4n) is 6.36. The predicted molar refractivity (Wildman–Crippen MR) is 332 cm³/mol. The molecule has 0 aromatic heterocycles. The second-order valence-corrected chi connectivity index (χ2v) is 25.9. The monoisotopic (exact) mass is 1360 g/mol. The molecule has 8 aromatic carbocycles. The van der Waals surface area contributed by atoms with E-state index in [1.807, 2.05) is 112 Å². The summed E-state index contributed by atoms with van der Waals surface area (Å²) < 4.78 is 91.7. The quantitative estimate of drug-likeness (QED) is 0.0300. The number of hydrogen-bond acceptors (Lipinski definition) is 5. The molecule has 0 saturated carbocycles. The van der Waals surface area contributed by atoms with Crippen molar-refractivity contribution in [3.05, 3.63) is 276 Å². The Labute approximate surface area is 531 Å². The van der Waals surface area contributed by atoms with Gasteiger partial charge in [0.1, 0.15) is 22.8 Å². The van der Waals surface area contributed by atoms with E-state index in [-0.39, 0.29) is 45.0 Å². The van der Waals surface area contributed by atoms with E-state index in [2.05, 4.69) is 174 Å². The van der Waals surface area contributed by atoms with Crippen LogP contribution in [0.2, 0.25) is 0 Å². The van der Waals surface area contributed by atoms with Gasteiger partial charge in [0.15, 0.2) is 0 Å². The van der Waals surface area contributed by atoms with Crippen LogP contribution in [0.15, 0.2) is 212 Å². The van der Waals surface area contributed by atoms with Gasteiger partial charge in [0, 0.05) is 43.7 Å². The summed E-state index contributed by atoms with van der Waals surface area (Å²) >= 11 is 9.53. The zero-order valence-electron chi connectivity index (χ0n) is 47.5. The average Bonchev–Trinajstić information content (AvgIpc) is 3.53. The van der Waals surface area contributed by atoms with Gasteiger partial charge in [-0.2, -0.15) is 27.8 Å². The zero-order chi connectivity index (χ0) is 63.6. The van der Waals surface area contributed by atoms with Crippen molar-refractivity contribution in [1.82, 2.24) is 5.59 Å². The molecule has 0 heterocycles. The second kappa shape index (κ2) is 45.6. The van der Waals surface area contributed by atoms with E-state index in [9.17, 15) is 25.2 Å². The van der Waals surface area contributed by atoms with Gasteiger partial charge in [-0.25, -0.2) is 6.57 Å². The van der Waals surface area contributed by atoms with Gasteiger partial charge in [-0.05, 0) is 73.5 Å². The molecular formula is C62H63Cl2F6Mn2N3O6P4-. The van der Waals surface area contributed by atoms with Crippen LogP contribution in [0, 0.1) is 71.2 Å². The molecule has 0 atom stereocenters. The van der Waals surface area contributed by atoms with Gasteiger partial charge in [-0.3, -0.25) is 0 Å². The minimum Gasteiger partial charge on any atom is -0.409 e. The van der Waals surface area contributed by atoms with E-state index in [1.54, 1.807) is 0 Å². The van der Waals surface area contributed by atoms with Gasteiger partial charge in [-0.1, -0.05) is 211 Å². The minimum absolute atomic E-state index is 0. The van der Waals surface area contributed by atoms with Crippen molar-refractivity contribution in [3.63, 3.8) is 0 Å². The number of nitrogens with zero attached hydrogens (tertiary/aromatic N) is 3. The van der Waals surface area contributed by atoms with Gasteiger partial charge in [0.05, 0.1) is 5.34 Å². The first-order valence-electron chi connectivity index (χ1n) is 24.1. The molecule has 0 aliphatic heterocycles. The maximum atomic E-state index is 9.87. The molecule has 8 aromatic rings. The van der Waals surface area contributed by atoms with Crippen LogP contribution < -0.4 is 40.4 Å². The summed E-state index contributed by atoms with van der Waals surface area (Å²) in [6.45, 7) is 36.9. The van der Waals surface area contributed by atoms with E-state index in [4.69, 9.17) is 75.0 Å². The van der Waals surface area contributed by atoms with Crippen molar-refractivity contribution < 1.29 is 82.2 Å². The molecular weight excluding hydrogens is 1300 g/mol. The SMILES string of the molecule is Cc1c(C)c(C)[c-](C)c1C.ClCCl.F[P-](F)(F)(F)(F)F.[C-]#N.[C-]#[N+]C(C)(C)C.[C-]#[O+].[C-]#[O+].[Mn+2].[Mn].[N]=O.c1ccc(OP(Oc2ccccc2)Oc2ccccc2)cc1.c1ccc(P(CP(c2ccccc2)c2ccccc2)c2ccccc2)cc1. The smallest absolute Gasteiger partial charge is 0.409 e. The fraction of sp³-hybridized carbons (Fsp3) is 0.177. The Morgan fingerprint density at radius 2 is 0.659 bits per heavy atom. The van der Waals surface area contributed by atoms with Crippen molar-refractivity contribution in [1.29, 1.82) is 5.26 Å². The van der Waals surface area contributed by atoms with Crippen molar-refractivity contribution in [3.8, 4) is 17.2 Å². The van der Waals surface area contributed by atoms with Crippen LogP contribution in [0.3, 0.4) is 0 Å². The molecule has 0 N–H and O–H groups in total. The van der Waals surface area contributed by atoms with E-state index in [1.165, 1.54) is 54.9 Å². The Kier molecular flexibility index (Phi) is 45.9. The Bertz CT molecular complexity index is 2710. The van der Waals surface area contributed by atoms with E-state index in [0.29, 0.717) is 17.2 Å². The molecule has 23 heteroatoms. The predicted octanol–water partition coefficient (Wildman–Crippen LogP) is 19.7. The Hall–Kier alpha value is -5.73. The first kappa shape index (κ1) is 85.7. The number of halogens is 8. The molecule has 0 saturated heterocycles. The number of benzene rings is 7. The number of hydrogen-bond donors (Lipinski definition) is 0. The molecule has 8 rings (SSSR count). The van der Waals surface area contributed by atoms with Crippen LogP contribution in [0.25, 0.3) is 4.85 Å². The third-order valence-electron chi connectivity index (χ3n) is 10.5. The Morgan fingerprint density at radius 1 is 0.494 bits per heavy atom. The Morgan fingerprint density at radius 3 is 0.800 bits per heavy atom. The molecule has 9 nitrogen and oxygen atoms in total. The van der Waals surface area contributed by atoms with Crippen LogP contribution in [0.1, 0.15) is 48.6 Å². The fourth-order valence-corrected chi connectivity index (χ4v) is 13.8. The molecule has 85 heavy (non-hydrogen) atoms. The maximum absolute atomic E-state index is 10.7. The molecule has 0 aliphatic rings. The van der Waals surface area contributed by atoms with Crippen LogP contribution in [0.4, 0.5) is 25.2 Å². The molecule has 0 bridgehead atoms. The number of rotatable bonds is 12. The maximum Gasteiger partial charge on any atom is 2.00 e. The van der Waals surface area contributed by atoms with Crippen molar-refractivity contribution in [2.45, 2.75) is 60.9 Å². The summed E-state index contributed by atoms with van der Waals surface area (Å²) in [6.07, 6.45) is 0. The average molecular weight is 1360 g/mol.